The van der Waals surface area contributed by atoms with Crippen molar-refractivity contribution in [1.29, 1.82) is 0 Å². The average Bonchev–Trinajstić information content (AvgIpc) is 2.51. The Hall–Kier alpha value is -1.78. The summed E-state index contributed by atoms with van der Waals surface area (Å²) in [7, 11) is 0. The molecule has 0 N–H and O–H groups in total. The molecule has 3 rings (SSSR count). The van der Waals surface area contributed by atoms with E-state index in [4.69, 9.17) is 11.6 Å². The molecule has 0 aliphatic heterocycles. The van der Waals surface area contributed by atoms with Crippen LogP contribution in [0.15, 0.2) is 53.1 Å². The maximum atomic E-state index is 6.23. The van der Waals surface area contributed by atoms with Gasteiger partial charge in [-0.1, -0.05) is 41.9 Å². The zero-order chi connectivity index (χ0) is 14.8. The smallest absolute Gasteiger partial charge is 0.163 e. The van der Waals surface area contributed by atoms with E-state index in [1.54, 1.807) is 6.20 Å². The molecule has 21 heavy (non-hydrogen) atoms. The summed E-state index contributed by atoms with van der Waals surface area (Å²) in [6.45, 7) is 1.94. The lowest BCUT2D eigenvalue weighted by Crippen LogP contribution is -1.96. The standard InChI is InChI=1S/C16H11BrClN3/c1-10-7-8-12(9-19-10)16-20-14(13(17)15(18)21-16)11-5-3-2-4-6-11/h2-9H,1H3. The first-order chi connectivity index (χ1) is 10.1. The van der Waals surface area contributed by atoms with Gasteiger partial charge in [0.15, 0.2) is 5.82 Å². The van der Waals surface area contributed by atoms with Crippen LogP contribution in [0.4, 0.5) is 0 Å². The predicted octanol–water partition coefficient (Wildman–Crippen LogP) is 4.93. The molecular weight excluding hydrogens is 350 g/mol. The SMILES string of the molecule is Cc1ccc(-c2nc(Cl)c(Br)c(-c3ccccc3)n2)cn1. The normalized spacial score (nSPS) is 10.6. The number of halogens is 2. The summed E-state index contributed by atoms with van der Waals surface area (Å²) >= 11 is 9.69. The molecule has 5 heteroatoms. The predicted molar refractivity (Wildman–Crippen MR) is 88.1 cm³/mol. The molecule has 0 fully saturated rings. The summed E-state index contributed by atoms with van der Waals surface area (Å²) in [5.41, 5.74) is 3.54. The van der Waals surface area contributed by atoms with Crippen molar-refractivity contribution >= 4 is 27.5 Å². The van der Waals surface area contributed by atoms with Crippen molar-refractivity contribution in [3.05, 3.63) is 64.0 Å². The van der Waals surface area contributed by atoms with Gasteiger partial charge < -0.3 is 0 Å². The molecule has 0 aliphatic carbocycles. The van der Waals surface area contributed by atoms with Gasteiger partial charge in [-0.2, -0.15) is 0 Å². The fourth-order valence-electron chi connectivity index (χ4n) is 1.94. The van der Waals surface area contributed by atoms with Crippen LogP contribution in [0.25, 0.3) is 22.6 Å². The van der Waals surface area contributed by atoms with Gasteiger partial charge in [-0.25, -0.2) is 9.97 Å². The van der Waals surface area contributed by atoms with Crippen LogP contribution < -0.4 is 0 Å². The Morgan fingerprint density at radius 1 is 0.952 bits per heavy atom. The lowest BCUT2D eigenvalue weighted by Gasteiger charge is -2.08. The van der Waals surface area contributed by atoms with Crippen molar-refractivity contribution in [2.45, 2.75) is 6.92 Å². The molecule has 2 aromatic heterocycles. The maximum absolute atomic E-state index is 6.23. The molecular formula is C16H11BrClN3. The third-order valence-corrected chi connectivity index (χ3v) is 4.28. The number of rotatable bonds is 2. The van der Waals surface area contributed by atoms with Crippen molar-refractivity contribution in [3.63, 3.8) is 0 Å². The van der Waals surface area contributed by atoms with E-state index in [0.717, 1.165) is 22.5 Å². The molecule has 3 nitrogen and oxygen atoms in total. The second-order valence-electron chi connectivity index (χ2n) is 4.55. The van der Waals surface area contributed by atoms with Crippen molar-refractivity contribution in [1.82, 2.24) is 15.0 Å². The van der Waals surface area contributed by atoms with Crippen LogP contribution in [-0.2, 0) is 0 Å². The Kier molecular flexibility index (Phi) is 3.99. The van der Waals surface area contributed by atoms with Crippen molar-refractivity contribution in [2.24, 2.45) is 0 Å². The second-order valence-corrected chi connectivity index (χ2v) is 5.71. The summed E-state index contributed by atoms with van der Waals surface area (Å²) in [6, 6.07) is 13.7. The van der Waals surface area contributed by atoms with Crippen LogP contribution in [-0.4, -0.2) is 15.0 Å². The quantitative estimate of drug-likeness (QED) is 0.608. The van der Waals surface area contributed by atoms with E-state index in [1.807, 2.05) is 49.4 Å². The minimum absolute atomic E-state index is 0.388. The number of aromatic nitrogens is 3. The van der Waals surface area contributed by atoms with Gasteiger partial charge in [0.25, 0.3) is 0 Å². The summed E-state index contributed by atoms with van der Waals surface area (Å²) in [4.78, 5) is 13.2. The maximum Gasteiger partial charge on any atom is 0.163 e. The fourth-order valence-corrected chi connectivity index (χ4v) is 2.51. The summed E-state index contributed by atoms with van der Waals surface area (Å²) < 4.78 is 0.694. The second kappa shape index (κ2) is 5.92. The van der Waals surface area contributed by atoms with Crippen LogP contribution in [0.1, 0.15) is 5.69 Å². The van der Waals surface area contributed by atoms with E-state index >= 15 is 0 Å². The fraction of sp³-hybridized carbons (Fsp3) is 0.0625. The van der Waals surface area contributed by atoms with Crippen LogP contribution in [0.5, 0.6) is 0 Å². The highest BCUT2D eigenvalue weighted by Gasteiger charge is 2.13. The Balaban J connectivity index is 2.16. The zero-order valence-electron chi connectivity index (χ0n) is 11.2. The first-order valence-electron chi connectivity index (χ1n) is 6.36. The molecule has 0 spiro atoms. The molecule has 0 saturated carbocycles. The van der Waals surface area contributed by atoms with Crippen LogP contribution >= 0.6 is 27.5 Å². The molecule has 1 aromatic carbocycles. The van der Waals surface area contributed by atoms with E-state index in [0.29, 0.717) is 15.5 Å². The molecule has 0 bridgehead atoms. The molecule has 0 atom stereocenters. The largest absolute Gasteiger partial charge is 0.261 e. The lowest BCUT2D eigenvalue weighted by molar-refractivity contribution is 1.14. The number of aryl methyl sites for hydroxylation is 1. The van der Waals surface area contributed by atoms with E-state index in [2.05, 4.69) is 30.9 Å². The lowest BCUT2D eigenvalue weighted by atomic mass is 10.1. The van der Waals surface area contributed by atoms with E-state index in [-0.39, 0.29) is 0 Å². The number of nitrogens with zero attached hydrogens (tertiary/aromatic N) is 3. The molecule has 104 valence electrons. The number of pyridine rings is 1. The third kappa shape index (κ3) is 2.96. The first kappa shape index (κ1) is 14.2. The molecule has 0 unspecified atom stereocenters. The van der Waals surface area contributed by atoms with Crippen LogP contribution in [0.3, 0.4) is 0 Å². The molecule has 0 amide bonds. The Morgan fingerprint density at radius 3 is 2.38 bits per heavy atom. The highest BCUT2D eigenvalue weighted by Crippen LogP contribution is 2.33. The van der Waals surface area contributed by atoms with E-state index in [1.165, 1.54) is 0 Å². The molecule has 3 aromatic rings. The number of benzene rings is 1. The number of hydrogen-bond acceptors (Lipinski definition) is 3. The molecule has 0 aliphatic rings. The van der Waals surface area contributed by atoms with Crippen molar-refractivity contribution < 1.29 is 0 Å². The van der Waals surface area contributed by atoms with Gasteiger partial charge in [0.1, 0.15) is 5.15 Å². The number of hydrogen-bond donors (Lipinski definition) is 0. The molecule has 0 saturated heterocycles. The van der Waals surface area contributed by atoms with Gasteiger partial charge in [-0.15, -0.1) is 0 Å². The Labute approximate surface area is 136 Å². The average molecular weight is 361 g/mol. The van der Waals surface area contributed by atoms with Crippen LogP contribution in [0.2, 0.25) is 5.15 Å². The molecule has 2 heterocycles. The minimum atomic E-state index is 0.388. The van der Waals surface area contributed by atoms with Crippen molar-refractivity contribution in [2.75, 3.05) is 0 Å². The van der Waals surface area contributed by atoms with Gasteiger partial charge in [0, 0.05) is 23.0 Å². The highest BCUT2D eigenvalue weighted by molar-refractivity contribution is 9.10. The minimum Gasteiger partial charge on any atom is -0.261 e. The Bertz CT molecular complexity index is 774. The van der Waals surface area contributed by atoms with E-state index in [9.17, 15) is 0 Å². The Morgan fingerprint density at radius 2 is 1.71 bits per heavy atom. The summed E-state index contributed by atoms with van der Waals surface area (Å²) in [5.74, 6) is 0.564. The monoisotopic (exact) mass is 359 g/mol. The van der Waals surface area contributed by atoms with Gasteiger partial charge >= 0.3 is 0 Å². The topological polar surface area (TPSA) is 38.7 Å². The summed E-state index contributed by atoms with van der Waals surface area (Å²) in [6.07, 6.45) is 1.75. The zero-order valence-corrected chi connectivity index (χ0v) is 13.6. The first-order valence-corrected chi connectivity index (χ1v) is 7.54. The highest BCUT2D eigenvalue weighted by atomic mass is 79.9. The van der Waals surface area contributed by atoms with E-state index < -0.39 is 0 Å². The van der Waals surface area contributed by atoms with Gasteiger partial charge in [-0.05, 0) is 35.0 Å². The molecule has 0 radical (unpaired) electrons. The van der Waals surface area contributed by atoms with Gasteiger partial charge in [-0.3, -0.25) is 4.98 Å². The van der Waals surface area contributed by atoms with Gasteiger partial charge in [0.2, 0.25) is 0 Å². The van der Waals surface area contributed by atoms with Crippen molar-refractivity contribution in [3.8, 4) is 22.6 Å². The van der Waals surface area contributed by atoms with Gasteiger partial charge in [0.05, 0.1) is 10.2 Å². The summed E-state index contributed by atoms with van der Waals surface area (Å²) in [5, 5.41) is 0.388. The third-order valence-electron chi connectivity index (χ3n) is 3.03. The van der Waals surface area contributed by atoms with Crippen LogP contribution in [0, 0.1) is 6.92 Å².